The molecule has 0 amide bonds. The van der Waals surface area contributed by atoms with E-state index in [2.05, 4.69) is 61.3 Å². The van der Waals surface area contributed by atoms with Crippen LogP contribution in [0, 0.1) is 0 Å². The first kappa shape index (κ1) is 13.6. The Labute approximate surface area is 111 Å². The van der Waals surface area contributed by atoms with Gasteiger partial charge in [-0.25, -0.2) is 0 Å². The average molecular weight is 246 g/mol. The molecule has 0 radical (unpaired) electrons. The van der Waals surface area contributed by atoms with E-state index in [-0.39, 0.29) is 0 Å². The summed E-state index contributed by atoms with van der Waals surface area (Å²) in [6.45, 7) is 9.17. The lowest BCUT2D eigenvalue weighted by molar-refractivity contribution is 0.0891. The van der Waals surface area contributed by atoms with Gasteiger partial charge in [-0.3, -0.25) is 4.90 Å². The number of benzene rings is 1. The van der Waals surface area contributed by atoms with Crippen molar-refractivity contribution in [2.45, 2.75) is 51.7 Å². The van der Waals surface area contributed by atoms with E-state index >= 15 is 0 Å². The average Bonchev–Trinajstić information content (AvgIpc) is 2.40. The normalized spacial score (nSPS) is 27.1. The van der Waals surface area contributed by atoms with Gasteiger partial charge < -0.3 is 5.32 Å². The van der Waals surface area contributed by atoms with E-state index < -0.39 is 0 Å². The number of rotatable bonds is 4. The van der Waals surface area contributed by atoms with Gasteiger partial charge in [-0.05, 0) is 25.8 Å². The number of nitrogens with zero attached hydrogens (tertiary/aromatic N) is 1. The van der Waals surface area contributed by atoms with Crippen LogP contribution >= 0.6 is 0 Å². The quantitative estimate of drug-likeness (QED) is 0.877. The van der Waals surface area contributed by atoms with Gasteiger partial charge in [0.25, 0.3) is 0 Å². The molecule has 1 aromatic carbocycles. The Balaban J connectivity index is 2.18. The lowest BCUT2D eigenvalue weighted by atomic mass is 9.97. The number of piperazine rings is 1. The zero-order valence-electron chi connectivity index (χ0n) is 11.9. The molecule has 1 aliphatic rings. The highest BCUT2D eigenvalue weighted by Crippen LogP contribution is 2.28. The van der Waals surface area contributed by atoms with Crippen molar-refractivity contribution in [3.63, 3.8) is 0 Å². The van der Waals surface area contributed by atoms with Gasteiger partial charge in [-0.15, -0.1) is 0 Å². The molecule has 0 bridgehead atoms. The first-order chi connectivity index (χ1) is 8.72. The molecule has 1 fully saturated rings. The van der Waals surface area contributed by atoms with E-state index in [0.29, 0.717) is 18.1 Å². The van der Waals surface area contributed by atoms with Gasteiger partial charge in [0.2, 0.25) is 0 Å². The summed E-state index contributed by atoms with van der Waals surface area (Å²) in [5, 5.41) is 3.57. The van der Waals surface area contributed by atoms with Crippen molar-refractivity contribution in [1.29, 1.82) is 0 Å². The van der Waals surface area contributed by atoms with E-state index in [9.17, 15) is 0 Å². The van der Waals surface area contributed by atoms with Crippen LogP contribution in [0.3, 0.4) is 0 Å². The molecule has 1 heterocycles. The number of hydrogen-bond acceptors (Lipinski definition) is 2. The molecule has 1 N–H and O–H groups in total. The highest BCUT2D eigenvalue weighted by Gasteiger charge is 2.28. The van der Waals surface area contributed by atoms with Crippen LogP contribution in [0.15, 0.2) is 30.3 Å². The molecule has 3 atom stereocenters. The largest absolute Gasteiger partial charge is 0.311 e. The molecule has 2 heteroatoms. The summed E-state index contributed by atoms with van der Waals surface area (Å²) >= 11 is 0. The molecule has 2 rings (SSSR count). The zero-order valence-corrected chi connectivity index (χ0v) is 11.9. The third-order valence-electron chi connectivity index (χ3n) is 3.96. The van der Waals surface area contributed by atoms with Crippen LogP contribution in [0.5, 0.6) is 0 Å². The SMILES string of the molecule is CCCC(c1ccccc1)N1CC(C)NCC1C. The van der Waals surface area contributed by atoms with E-state index in [1.54, 1.807) is 0 Å². The van der Waals surface area contributed by atoms with E-state index in [0.717, 1.165) is 13.1 Å². The Morgan fingerprint density at radius 3 is 2.67 bits per heavy atom. The summed E-state index contributed by atoms with van der Waals surface area (Å²) in [7, 11) is 0. The third kappa shape index (κ3) is 3.12. The summed E-state index contributed by atoms with van der Waals surface area (Å²) < 4.78 is 0. The van der Waals surface area contributed by atoms with Crippen LogP contribution in [0.4, 0.5) is 0 Å². The predicted octanol–water partition coefficient (Wildman–Crippen LogP) is 3.21. The van der Waals surface area contributed by atoms with E-state index in [4.69, 9.17) is 0 Å². The van der Waals surface area contributed by atoms with Gasteiger partial charge in [0.15, 0.2) is 0 Å². The molecule has 100 valence electrons. The maximum Gasteiger partial charge on any atom is 0.0352 e. The van der Waals surface area contributed by atoms with Crippen LogP contribution in [-0.4, -0.2) is 30.1 Å². The van der Waals surface area contributed by atoms with Gasteiger partial charge in [-0.2, -0.15) is 0 Å². The molecule has 0 saturated carbocycles. The van der Waals surface area contributed by atoms with E-state index in [1.807, 2.05) is 0 Å². The molecule has 1 aliphatic heterocycles. The smallest absolute Gasteiger partial charge is 0.0352 e. The zero-order chi connectivity index (χ0) is 13.0. The van der Waals surface area contributed by atoms with Crippen molar-refractivity contribution in [2.24, 2.45) is 0 Å². The highest BCUT2D eigenvalue weighted by molar-refractivity contribution is 5.19. The number of hydrogen-bond donors (Lipinski definition) is 1. The maximum absolute atomic E-state index is 3.57. The molecule has 3 unspecified atom stereocenters. The lowest BCUT2D eigenvalue weighted by Crippen LogP contribution is -2.55. The Morgan fingerprint density at radius 2 is 2.00 bits per heavy atom. The third-order valence-corrected chi connectivity index (χ3v) is 3.96. The minimum Gasteiger partial charge on any atom is -0.311 e. The minimum absolute atomic E-state index is 0.579. The van der Waals surface area contributed by atoms with E-state index in [1.165, 1.54) is 18.4 Å². The molecule has 18 heavy (non-hydrogen) atoms. The van der Waals surface area contributed by atoms with Crippen molar-refractivity contribution in [3.8, 4) is 0 Å². The Morgan fingerprint density at radius 1 is 1.28 bits per heavy atom. The maximum atomic E-state index is 3.57. The predicted molar refractivity (Wildman–Crippen MR) is 77.7 cm³/mol. The Bertz CT molecular complexity index is 349. The van der Waals surface area contributed by atoms with Crippen LogP contribution in [-0.2, 0) is 0 Å². The topological polar surface area (TPSA) is 15.3 Å². The summed E-state index contributed by atoms with van der Waals surface area (Å²) in [5.41, 5.74) is 1.47. The van der Waals surface area contributed by atoms with Crippen molar-refractivity contribution >= 4 is 0 Å². The molecular formula is C16H26N2. The van der Waals surface area contributed by atoms with Crippen molar-refractivity contribution < 1.29 is 0 Å². The fourth-order valence-corrected chi connectivity index (χ4v) is 2.96. The van der Waals surface area contributed by atoms with Crippen LogP contribution in [0.25, 0.3) is 0 Å². The highest BCUT2D eigenvalue weighted by atomic mass is 15.2. The second-order valence-electron chi connectivity index (χ2n) is 5.57. The molecule has 0 aliphatic carbocycles. The Hall–Kier alpha value is -0.860. The molecule has 1 aromatic rings. The van der Waals surface area contributed by atoms with Crippen LogP contribution < -0.4 is 5.32 Å². The second-order valence-corrected chi connectivity index (χ2v) is 5.57. The monoisotopic (exact) mass is 246 g/mol. The fourth-order valence-electron chi connectivity index (χ4n) is 2.96. The first-order valence-corrected chi connectivity index (χ1v) is 7.26. The molecule has 0 spiro atoms. The minimum atomic E-state index is 0.579. The molecule has 0 aromatic heterocycles. The van der Waals surface area contributed by atoms with Gasteiger partial charge in [0, 0.05) is 31.2 Å². The van der Waals surface area contributed by atoms with Crippen molar-refractivity contribution in [2.75, 3.05) is 13.1 Å². The van der Waals surface area contributed by atoms with Gasteiger partial charge in [0.1, 0.15) is 0 Å². The number of nitrogens with one attached hydrogen (secondary N) is 1. The van der Waals surface area contributed by atoms with Crippen molar-refractivity contribution in [3.05, 3.63) is 35.9 Å². The standard InChI is InChI=1S/C16H26N2/c1-4-8-16(15-9-6-5-7-10-15)18-12-13(2)17-11-14(18)3/h5-7,9-10,13-14,16-17H,4,8,11-12H2,1-3H3. The Kier molecular flexibility index (Phi) is 4.79. The summed E-state index contributed by atoms with van der Waals surface area (Å²) in [6.07, 6.45) is 2.49. The fraction of sp³-hybridized carbons (Fsp3) is 0.625. The second kappa shape index (κ2) is 6.35. The van der Waals surface area contributed by atoms with Crippen LogP contribution in [0.1, 0.15) is 45.2 Å². The summed E-state index contributed by atoms with van der Waals surface area (Å²) in [6, 6.07) is 12.8. The van der Waals surface area contributed by atoms with Crippen LogP contribution in [0.2, 0.25) is 0 Å². The van der Waals surface area contributed by atoms with Crippen molar-refractivity contribution in [1.82, 2.24) is 10.2 Å². The molecule has 1 saturated heterocycles. The molecular weight excluding hydrogens is 220 g/mol. The van der Waals surface area contributed by atoms with Gasteiger partial charge >= 0.3 is 0 Å². The van der Waals surface area contributed by atoms with Gasteiger partial charge in [-0.1, -0.05) is 43.7 Å². The summed E-state index contributed by atoms with van der Waals surface area (Å²) in [5.74, 6) is 0. The first-order valence-electron chi connectivity index (χ1n) is 7.26. The molecule has 2 nitrogen and oxygen atoms in total. The van der Waals surface area contributed by atoms with Gasteiger partial charge in [0.05, 0.1) is 0 Å². The summed E-state index contributed by atoms with van der Waals surface area (Å²) in [4.78, 5) is 2.68. The lowest BCUT2D eigenvalue weighted by Gasteiger charge is -2.43.